The van der Waals surface area contributed by atoms with Gasteiger partial charge in [0.15, 0.2) is 0 Å². The second-order valence-electron chi connectivity index (χ2n) is 10.4. The van der Waals surface area contributed by atoms with E-state index in [-0.39, 0.29) is 15.8 Å². The van der Waals surface area contributed by atoms with Crippen LogP contribution in [0.15, 0.2) is 121 Å². The van der Waals surface area contributed by atoms with E-state index in [4.69, 9.17) is 0 Å². The maximum absolute atomic E-state index is 2.40. The van der Waals surface area contributed by atoms with E-state index < -0.39 is 0 Å². The van der Waals surface area contributed by atoms with Crippen molar-refractivity contribution < 1.29 is 0 Å². The van der Waals surface area contributed by atoms with Crippen LogP contribution in [0, 0.1) is 11.8 Å². The maximum Gasteiger partial charge on any atom is -0.00976 e. The predicted octanol–water partition coefficient (Wildman–Crippen LogP) is 7.59. The van der Waals surface area contributed by atoms with Gasteiger partial charge in [0.2, 0.25) is 0 Å². The Morgan fingerprint density at radius 1 is 0.361 bits per heavy atom. The van der Waals surface area contributed by atoms with Gasteiger partial charge in [-0.25, -0.2) is 0 Å². The summed E-state index contributed by atoms with van der Waals surface area (Å²) in [5, 5.41) is 6.27. The van der Waals surface area contributed by atoms with Gasteiger partial charge >= 0.3 is 0 Å². The number of hydrogen-bond donors (Lipinski definition) is 0. The Labute approximate surface area is 219 Å². The molecule has 4 atom stereocenters. The molecule has 0 aliphatic heterocycles. The first kappa shape index (κ1) is 24.1. The summed E-state index contributed by atoms with van der Waals surface area (Å²) in [5.74, 6) is 1.67. The summed E-state index contributed by atoms with van der Waals surface area (Å²) in [6.45, 7) is 0. The lowest BCUT2D eigenvalue weighted by Gasteiger charge is -2.38. The molecule has 0 amide bonds. The van der Waals surface area contributed by atoms with Crippen molar-refractivity contribution in [1.82, 2.24) is 0 Å². The van der Waals surface area contributed by atoms with Crippen LogP contribution in [0.25, 0.3) is 0 Å². The van der Waals surface area contributed by atoms with E-state index in [2.05, 4.69) is 121 Å². The van der Waals surface area contributed by atoms with Gasteiger partial charge in [0.1, 0.15) is 0 Å². The molecule has 36 heavy (non-hydrogen) atoms. The molecule has 0 bridgehead atoms. The highest BCUT2D eigenvalue weighted by atomic mass is 31.1. The molecule has 6 rings (SSSR count). The molecule has 0 unspecified atom stereocenters. The van der Waals surface area contributed by atoms with Gasteiger partial charge in [-0.05, 0) is 85.9 Å². The van der Waals surface area contributed by atoms with Crippen molar-refractivity contribution in [2.75, 3.05) is 0 Å². The SMILES string of the molecule is c1ccc(P(c2ccccc2)[C@@H]2CCC[C@@H]2[C@@H]2CCC[C@H]2P(c2ccccc2)c2ccccc2)cc1. The standard InChI is InChI=1S/C34H36P2/c1-5-15-27(16-6-1)35(28-17-7-2-8-18-28)33-25-13-23-31(33)32-24-14-26-34(32)36(29-19-9-3-10-20-29)30-21-11-4-12-22-30/h1-12,15-22,31-34H,13-14,23-26H2/t31-,32+,33-,34-/m1/s1. The lowest BCUT2D eigenvalue weighted by atomic mass is 9.89. The van der Waals surface area contributed by atoms with Crippen LogP contribution in [0.4, 0.5) is 0 Å². The van der Waals surface area contributed by atoms with E-state index >= 15 is 0 Å². The highest BCUT2D eigenvalue weighted by Crippen LogP contribution is 2.59. The Morgan fingerprint density at radius 3 is 0.917 bits per heavy atom. The lowest BCUT2D eigenvalue weighted by Crippen LogP contribution is -2.34. The minimum absolute atomic E-state index is 0.347. The van der Waals surface area contributed by atoms with E-state index in [9.17, 15) is 0 Å². The van der Waals surface area contributed by atoms with Gasteiger partial charge in [0.25, 0.3) is 0 Å². The van der Waals surface area contributed by atoms with Crippen molar-refractivity contribution in [2.45, 2.75) is 49.8 Å². The quantitative estimate of drug-likeness (QED) is 0.227. The van der Waals surface area contributed by atoms with Crippen molar-refractivity contribution in [3.63, 3.8) is 0 Å². The van der Waals surface area contributed by atoms with Crippen LogP contribution in [-0.4, -0.2) is 11.3 Å². The fraction of sp³-hybridized carbons (Fsp3) is 0.294. The second kappa shape index (κ2) is 11.4. The van der Waals surface area contributed by atoms with Gasteiger partial charge < -0.3 is 0 Å². The first-order valence-corrected chi connectivity index (χ1v) is 16.5. The topological polar surface area (TPSA) is 0 Å². The van der Waals surface area contributed by atoms with Gasteiger partial charge in [0.05, 0.1) is 0 Å². The molecule has 2 fully saturated rings. The summed E-state index contributed by atoms with van der Waals surface area (Å²) in [5.41, 5.74) is 1.58. The summed E-state index contributed by atoms with van der Waals surface area (Å²) < 4.78 is 0. The third-order valence-corrected chi connectivity index (χ3v) is 14.4. The zero-order chi connectivity index (χ0) is 24.2. The molecule has 182 valence electrons. The van der Waals surface area contributed by atoms with Crippen LogP contribution >= 0.6 is 15.8 Å². The van der Waals surface area contributed by atoms with Crippen molar-refractivity contribution in [3.8, 4) is 0 Å². The van der Waals surface area contributed by atoms with Gasteiger partial charge in [-0.1, -0.05) is 134 Å². The van der Waals surface area contributed by atoms with E-state index in [0.29, 0.717) is 0 Å². The van der Waals surface area contributed by atoms with Crippen LogP contribution in [0.1, 0.15) is 38.5 Å². The van der Waals surface area contributed by atoms with Gasteiger partial charge in [-0.15, -0.1) is 0 Å². The van der Waals surface area contributed by atoms with Gasteiger partial charge in [-0.2, -0.15) is 0 Å². The molecule has 2 aliphatic rings. The van der Waals surface area contributed by atoms with E-state index in [1.807, 2.05) is 0 Å². The van der Waals surface area contributed by atoms with Crippen molar-refractivity contribution in [3.05, 3.63) is 121 Å². The summed E-state index contributed by atoms with van der Waals surface area (Å²) >= 11 is 0. The van der Waals surface area contributed by atoms with Crippen LogP contribution < -0.4 is 21.2 Å². The zero-order valence-electron chi connectivity index (χ0n) is 21.0. The molecular weight excluding hydrogens is 470 g/mol. The highest BCUT2D eigenvalue weighted by molar-refractivity contribution is 7.74. The van der Waals surface area contributed by atoms with E-state index in [1.54, 1.807) is 21.2 Å². The first-order valence-electron chi connectivity index (χ1n) is 13.7. The average Bonchev–Trinajstić information content (AvgIpc) is 3.62. The Hall–Kier alpha value is -2.26. The third-order valence-electron chi connectivity index (χ3n) is 8.41. The molecule has 0 heterocycles. The van der Waals surface area contributed by atoms with Crippen LogP contribution in [0.3, 0.4) is 0 Å². The minimum atomic E-state index is -0.347. The Balaban J connectivity index is 1.38. The fourth-order valence-corrected chi connectivity index (χ4v) is 13.5. The molecule has 2 heteroatoms. The lowest BCUT2D eigenvalue weighted by molar-refractivity contribution is 0.358. The Bertz CT molecular complexity index is 1030. The molecule has 2 saturated carbocycles. The van der Waals surface area contributed by atoms with Gasteiger partial charge in [-0.3, -0.25) is 0 Å². The normalized spacial score (nSPS) is 23.9. The molecule has 4 aromatic rings. The Morgan fingerprint density at radius 2 is 0.639 bits per heavy atom. The smallest absolute Gasteiger partial charge is 0.00976 e. The number of rotatable bonds is 7. The monoisotopic (exact) mass is 506 g/mol. The van der Waals surface area contributed by atoms with Crippen molar-refractivity contribution in [2.24, 2.45) is 11.8 Å². The molecule has 0 saturated heterocycles. The molecule has 0 aromatic heterocycles. The predicted molar refractivity (Wildman–Crippen MR) is 160 cm³/mol. The van der Waals surface area contributed by atoms with Gasteiger partial charge in [0, 0.05) is 0 Å². The second-order valence-corrected chi connectivity index (χ2v) is 15.3. The number of hydrogen-bond acceptors (Lipinski definition) is 0. The molecule has 0 spiro atoms. The van der Waals surface area contributed by atoms with E-state index in [0.717, 1.165) is 23.2 Å². The van der Waals surface area contributed by atoms with E-state index in [1.165, 1.54) is 38.5 Å². The molecule has 4 aromatic carbocycles. The summed E-state index contributed by atoms with van der Waals surface area (Å²) in [4.78, 5) is 0. The third kappa shape index (κ3) is 4.96. The fourth-order valence-electron chi connectivity index (χ4n) is 7.00. The van der Waals surface area contributed by atoms with Crippen LogP contribution in [0.5, 0.6) is 0 Å². The summed E-state index contributed by atoms with van der Waals surface area (Å²) in [6, 6.07) is 45.9. The molecule has 2 aliphatic carbocycles. The molecule has 0 radical (unpaired) electrons. The van der Waals surface area contributed by atoms with Crippen molar-refractivity contribution >= 4 is 37.1 Å². The maximum atomic E-state index is 2.40. The molecular formula is C34H36P2. The van der Waals surface area contributed by atoms with Crippen LogP contribution in [0.2, 0.25) is 0 Å². The Kier molecular flexibility index (Phi) is 7.65. The highest BCUT2D eigenvalue weighted by Gasteiger charge is 2.46. The minimum Gasteiger partial charge on any atom is -0.0622 e. The van der Waals surface area contributed by atoms with Crippen LogP contribution in [-0.2, 0) is 0 Å². The number of benzene rings is 4. The zero-order valence-corrected chi connectivity index (χ0v) is 22.8. The first-order chi connectivity index (χ1) is 17.9. The molecule has 0 nitrogen and oxygen atoms in total. The summed E-state index contributed by atoms with van der Waals surface area (Å²) in [6.07, 6.45) is 8.39. The summed E-state index contributed by atoms with van der Waals surface area (Å²) in [7, 11) is -0.694. The van der Waals surface area contributed by atoms with Crippen molar-refractivity contribution in [1.29, 1.82) is 0 Å². The average molecular weight is 507 g/mol. The largest absolute Gasteiger partial charge is 0.0622 e. The molecule has 0 N–H and O–H groups in total.